The lowest BCUT2D eigenvalue weighted by atomic mass is 10.2. The summed E-state index contributed by atoms with van der Waals surface area (Å²) in [4.78, 5) is 33.8. The third-order valence-electron chi connectivity index (χ3n) is 3.40. The number of ether oxygens (including phenoxy) is 1. The van der Waals surface area contributed by atoms with Crippen molar-refractivity contribution in [3.05, 3.63) is 64.0 Å². The van der Waals surface area contributed by atoms with Gasteiger partial charge in [0.2, 0.25) is 5.91 Å². The van der Waals surface area contributed by atoms with E-state index in [1.165, 1.54) is 7.11 Å². The highest BCUT2D eigenvalue weighted by Gasteiger charge is 2.13. The Morgan fingerprint density at radius 1 is 1.23 bits per heavy atom. The highest BCUT2D eigenvalue weighted by molar-refractivity contribution is 5.95. The Hall–Kier alpha value is -3.49. The minimum atomic E-state index is -0.788. The number of amides is 2. The van der Waals surface area contributed by atoms with Gasteiger partial charge >= 0.3 is 0 Å². The molecular weight excluding hydrogens is 345 g/mol. The zero-order valence-electron chi connectivity index (χ0n) is 13.8. The van der Waals surface area contributed by atoms with E-state index in [1.807, 2.05) is 0 Å². The largest absolute Gasteiger partial charge is 0.497 e. The predicted octanol–water partition coefficient (Wildman–Crippen LogP) is 2.50. The number of nitro benzene ring substituents is 1. The molecule has 2 rings (SSSR count). The number of benzene rings is 2. The molecule has 2 aromatic rings. The van der Waals surface area contributed by atoms with Crippen LogP contribution in [0.2, 0.25) is 0 Å². The lowest BCUT2D eigenvalue weighted by Gasteiger charge is -2.08. The molecule has 0 aliphatic rings. The van der Waals surface area contributed by atoms with Crippen LogP contribution in [0.5, 0.6) is 5.75 Å². The summed E-state index contributed by atoms with van der Waals surface area (Å²) >= 11 is 0. The van der Waals surface area contributed by atoms with Gasteiger partial charge in [0.1, 0.15) is 11.6 Å². The predicted molar refractivity (Wildman–Crippen MR) is 91.6 cm³/mol. The maximum atomic E-state index is 13.6. The molecule has 0 aliphatic carbocycles. The van der Waals surface area contributed by atoms with Crippen molar-refractivity contribution in [2.75, 3.05) is 19.0 Å². The van der Waals surface area contributed by atoms with Crippen molar-refractivity contribution in [1.82, 2.24) is 5.32 Å². The summed E-state index contributed by atoms with van der Waals surface area (Å²) in [6.45, 7) is 0.0123. The average molecular weight is 361 g/mol. The standard InChI is InChI=1S/C17H16FN3O5/c1-26-13-4-2-3-11(9-13)17(23)19-8-7-16(22)20-15-10-12(21(24)25)5-6-14(15)18/h2-6,9-10H,7-8H2,1H3,(H,19,23)(H,20,22). The molecule has 9 heteroatoms. The molecular formula is C17H16FN3O5. The second-order valence-corrected chi connectivity index (χ2v) is 5.21. The Balaban J connectivity index is 1.88. The van der Waals surface area contributed by atoms with Crippen molar-refractivity contribution >= 4 is 23.2 Å². The van der Waals surface area contributed by atoms with Crippen molar-refractivity contribution in [3.63, 3.8) is 0 Å². The van der Waals surface area contributed by atoms with E-state index in [2.05, 4.69) is 10.6 Å². The van der Waals surface area contributed by atoms with Gasteiger partial charge in [-0.1, -0.05) is 6.07 Å². The van der Waals surface area contributed by atoms with E-state index in [9.17, 15) is 24.1 Å². The number of non-ortho nitro benzene ring substituents is 1. The molecule has 0 atom stereocenters. The van der Waals surface area contributed by atoms with E-state index >= 15 is 0 Å². The molecule has 8 nitrogen and oxygen atoms in total. The van der Waals surface area contributed by atoms with E-state index < -0.39 is 22.6 Å². The Labute approximate surface area is 148 Å². The summed E-state index contributed by atoms with van der Waals surface area (Å²) in [7, 11) is 1.48. The zero-order chi connectivity index (χ0) is 19.1. The van der Waals surface area contributed by atoms with Gasteiger partial charge in [0.25, 0.3) is 11.6 Å². The van der Waals surface area contributed by atoms with Crippen molar-refractivity contribution in [2.45, 2.75) is 6.42 Å². The molecule has 0 spiro atoms. The Morgan fingerprint density at radius 3 is 2.69 bits per heavy atom. The van der Waals surface area contributed by atoms with Gasteiger partial charge < -0.3 is 15.4 Å². The number of hydrogen-bond donors (Lipinski definition) is 2. The first-order chi connectivity index (χ1) is 12.4. The number of nitro groups is 1. The number of anilines is 1. The van der Waals surface area contributed by atoms with E-state index in [0.717, 1.165) is 18.2 Å². The quantitative estimate of drug-likeness (QED) is 0.581. The van der Waals surface area contributed by atoms with Crippen molar-refractivity contribution < 1.29 is 23.6 Å². The minimum absolute atomic E-state index is 0.0123. The van der Waals surface area contributed by atoms with Crippen LogP contribution in [0.15, 0.2) is 42.5 Å². The number of halogens is 1. The molecule has 0 saturated carbocycles. The van der Waals surface area contributed by atoms with Gasteiger partial charge in [-0.05, 0) is 24.3 Å². The van der Waals surface area contributed by atoms with Gasteiger partial charge in [-0.15, -0.1) is 0 Å². The van der Waals surface area contributed by atoms with E-state index in [4.69, 9.17) is 4.74 Å². The fraction of sp³-hybridized carbons (Fsp3) is 0.176. The van der Waals surface area contributed by atoms with Crippen LogP contribution in [0.1, 0.15) is 16.8 Å². The molecule has 0 bridgehead atoms. The van der Waals surface area contributed by atoms with E-state index in [1.54, 1.807) is 24.3 Å². The molecule has 2 N–H and O–H groups in total. The molecule has 136 valence electrons. The smallest absolute Gasteiger partial charge is 0.271 e. The molecule has 26 heavy (non-hydrogen) atoms. The van der Waals surface area contributed by atoms with Crippen LogP contribution in [0.4, 0.5) is 15.8 Å². The molecule has 0 aliphatic heterocycles. The maximum absolute atomic E-state index is 13.6. The summed E-state index contributed by atoms with van der Waals surface area (Å²) in [5, 5.41) is 15.5. The maximum Gasteiger partial charge on any atom is 0.271 e. The molecule has 0 fully saturated rings. The van der Waals surface area contributed by atoms with Crippen LogP contribution >= 0.6 is 0 Å². The van der Waals surface area contributed by atoms with Gasteiger partial charge in [-0.3, -0.25) is 19.7 Å². The summed E-state index contributed by atoms with van der Waals surface area (Å²) in [6.07, 6.45) is -0.127. The summed E-state index contributed by atoms with van der Waals surface area (Å²) in [6, 6.07) is 9.33. The Kier molecular flexibility index (Phi) is 6.20. The number of rotatable bonds is 7. The number of nitrogens with one attached hydrogen (secondary N) is 2. The highest BCUT2D eigenvalue weighted by atomic mass is 19.1. The first-order valence-corrected chi connectivity index (χ1v) is 7.56. The Morgan fingerprint density at radius 2 is 2.00 bits per heavy atom. The second-order valence-electron chi connectivity index (χ2n) is 5.21. The second kappa shape index (κ2) is 8.56. The van der Waals surface area contributed by atoms with Crippen molar-refractivity contribution in [2.24, 2.45) is 0 Å². The minimum Gasteiger partial charge on any atom is -0.497 e. The van der Waals surface area contributed by atoms with Gasteiger partial charge in [-0.25, -0.2) is 4.39 Å². The fourth-order valence-corrected chi connectivity index (χ4v) is 2.09. The van der Waals surface area contributed by atoms with Crippen molar-refractivity contribution in [3.8, 4) is 5.75 Å². The lowest BCUT2D eigenvalue weighted by molar-refractivity contribution is -0.384. The number of carbonyl (C=O) groups is 2. The monoisotopic (exact) mass is 361 g/mol. The number of nitrogens with zero attached hydrogens (tertiary/aromatic N) is 1. The van der Waals surface area contributed by atoms with Crippen LogP contribution in [0, 0.1) is 15.9 Å². The van der Waals surface area contributed by atoms with Crippen LogP contribution < -0.4 is 15.4 Å². The molecule has 0 unspecified atom stereocenters. The van der Waals surface area contributed by atoms with Gasteiger partial charge in [0, 0.05) is 30.7 Å². The van der Waals surface area contributed by atoms with E-state index in [0.29, 0.717) is 11.3 Å². The van der Waals surface area contributed by atoms with E-state index in [-0.39, 0.29) is 24.3 Å². The zero-order valence-corrected chi connectivity index (χ0v) is 13.8. The number of methoxy groups -OCH3 is 1. The SMILES string of the molecule is COc1cccc(C(=O)NCCC(=O)Nc2cc([N+](=O)[O-])ccc2F)c1. The van der Waals surface area contributed by atoms with Gasteiger partial charge in [-0.2, -0.15) is 0 Å². The summed E-state index contributed by atoms with van der Waals surface area (Å²) < 4.78 is 18.6. The van der Waals surface area contributed by atoms with Crippen LogP contribution in [-0.2, 0) is 4.79 Å². The molecule has 0 radical (unpaired) electrons. The molecule has 0 aromatic heterocycles. The fourth-order valence-electron chi connectivity index (χ4n) is 2.09. The molecule has 0 heterocycles. The van der Waals surface area contributed by atoms with Crippen LogP contribution in [-0.4, -0.2) is 30.4 Å². The molecule has 2 amide bonds. The molecule has 2 aromatic carbocycles. The Bertz CT molecular complexity index is 841. The van der Waals surface area contributed by atoms with Crippen LogP contribution in [0.3, 0.4) is 0 Å². The first-order valence-electron chi connectivity index (χ1n) is 7.56. The third-order valence-corrected chi connectivity index (χ3v) is 3.40. The number of hydrogen-bond acceptors (Lipinski definition) is 5. The number of carbonyl (C=O) groups excluding carboxylic acids is 2. The van der Waals surface area contributed by atoms with Gasteiger partial charge in [0.05, 0.1) is 17.7 Å². The summed E-state index contributed by atoms with van der Waals surface area (Å²) in [5.74, 6) is -1.24. The first kappa shape index (κ1) is 18.8. The average Bonchev–Trinajstić information content (AvgIpc) is 2.63. The lowest BCUT2D eigenvalue weighted by Crippen LogP contribution is -2.27. The van der Waals surface area contributed by atoms with Crippen molar-refractivity contribution in [1.29, 1.82) is 0 Å². The normalized spacial score (nSPS) is 10.1. The van der Waals surface area contributed by atoms with Gasteiger partial charge in [0.15, 0.2) is 0 Å². The highest BCUT2D eigenvalue weighted by Crippen LogP contribution is 2.21. The molecule has 0 saturated heterocycles. The third kappa shape index (κ3) is 5.00. The summed E-state index contributed by atoms with van der Waals surface area (Å²) in [5.41, 5.74) is -0.258. The topological polar surface area (TPSA) is 111 Å². The van der Waals surface area contributed by atoms with Crippen LogP contribution in [0.25, 0.3) is 0 Å².